The maximum atomic E-state index is 13.0. The van der Waals surface area contributed by atoms with Crippen molar-refractivity contribution in [1.82, 2.24) is 5.32 Å². The van der Waals surface area contributed by atoms with Gasteiger partial charge in [-0.3, -0.25) is 9.10 Å². The molecule has 1 atom stereocenters. The molecule has 0 saturated heterocycles. The molecule has 30 heavy (non-hydrogen) atoms. The number of anilines is 1. The molecule has 0 spiro atoms. The Balaban J connectivity index is 1.85. The van der Waals surface area contributed by atoms with Crippen LogP contribution < -0.4 is 14.4 Å². The van der Waals surface area contributed by atoms with Crippen molar-refractivity contribution in [2.75, 3.05) is 17.1 Å². The van der Waals surface area contributed by atoms with E-state index in [0.717, 1.165) is 40.3 Å². The maximum Gasteiger partial charge on any atom is 0.241 e. The van der Waals surface area contributed by atoms with Gasteiger partial charge in [-0.15, -0.1) is 0 Å². The van der Waals surface area contributed by atoms with Gasteiger partial charge in [0.2, 0.25) is 15.9 Å². The van der Waals surface area contributed by atoms with Gasteiger partial charge in [0.05, 0.1) is 18.0 Å². The van der Waals surface area contributed by atoms with E-state index in [4.69, 9.17) is 4.74 Å². The summed E-state index contributed by atoms with van der Waals surface area (Å²) in [7, 11) is -3.62. The lowest BCUT2D eigenvalue weighted by molar-refractivity contribution is -0.121. The van der Waals surface area contributed by atoms with Crippen LogP contribution in [-0.2, 0) is 14.8 Å². The third kappa shape index (κ3) is 4.78. The highest BCUT2D eigenvalue weighted by molar-refractivity contribution is 7.92. The summed E-state index contributed by atoms with van der Waals surface area (Å²) in [5.41, 5.74) is 1.98. The molecule has 0 unspecified atom stereocenters. The van der Waals surface area contributed by atoms with Crippen LogP contribution in [0.2, 0.25) is 0 Å². The third-order valence-corrected chi connectivity index (χ3v) is 6.94. The Morgan fingerprint density at radius 2 is 1.87 bits per heavy atom. The summed E-state index contributed by atoms with van der Waals surface area (Å²) in [4.78, 5) is 13.0. The number of carbonyl (C=O) groups is 1. The predicted octanol–water partition coefficient (Wildman–Crippen LogP) is 3.96. The van der Waals surface area contributed by atoms with E-state index < -0.39 is 10.0 Å². The molecule has 0 bridgehead atoms. The topological polar surface area (TPSA) is 75.7 Å². The molecule has 1 N–H and O–H groups in total. The van der Waals surface area contributed by atoms with Gasteiger partial charge in [0.15, 0.2) is 0 Å². The van der Waals surface area contributed by atoms with E-state index in [0.29, 0.717) is 12.1 Å². The van der Waals surface area contributed by atoms with Crippen LogP contribution in [0.3, 0.4) is 0 Å². The van der Waals surface area contributed by atoms with Gasteiger partial charge in [-0.25, -0.2) is 8.42 Å². The van der Waals surface area contributed by atoms with E-state index in [2.05, 4.69) is 19.2 Å². The van der Waals surface area contributed by atoms with Crippen LogP contribution in [-0.4, -0.2) is 32.7 Å². The molecular formula is C23H30N2O4S. The van der Waals surface area contributed by atoms with Gasteiger partial charge in [-0.05, 0) is 43.5 Å². The van der Waals surface area contributed by atoms with Gasteiger partial charge in [0.1, 0.15) is 17.9 Å². The highest BCUT2D eigenvalue weighted by atomic mass is 32.2. The summed E-state index contributed by atoms with van der Waals surface area (Å²) >= 11 is 0. The number of amides is 1. The number of hydrogen-bond donors (Lipinski definition) is 1. The van der Waals surface area contributed by atoms with E-state index in [-0.39, 0.29) is 24.1 Å². The fraction of sp³-hybridized carbons (Fsp3) is 0.435. The van der Waals surface area contributed by atoms with Gasteiger partial charge in [0.25, 0.3) is 0 Å². The number of rotatable bonds is 7. The first-order valence-corrected chi connectivity index (χ1v) is 12.1. The van der Waals surface area contributed by atoms with Crippen LogP contribution in [0.5, 0.6) is 5.75 Å². The van der Waals surface area contributed by atoms with Crippen molar-refractivity contribution in [2.24, 2.45) is 0 Å². The number of nitrogens with zero attached hydrogens (tertiary/aromatic N) is 1. The van der Waals surface area contributed by atoms with Crippen molar-refractivity contribution in [2.45, 2.75) is 51.7 Å². The first-order valence-electron chi connectivity index (χ1n) is 10.3. The van der Waals surface area contributed by atoms with Crippen LogP contribution in [0.15, 0.2) is 48.5 Å². The molecule has 2 aromatic rings. The van der Waals surface area contributed by atoms with Crippen molar-refractivity contribution in [1.29, 1.82) is 0 Å². The number of nitrogens with one attached hydrogen (secondary N) is 1. The van der Waals surface area contributed by atoms with E-state index >= 15 is 0 Å². The number of hydrogen-bond acceptors (Lipinski definition) is 4. The van der Waals surface area contributed by atoms with E-state index in [1.54, 1.807) is 18.2 Å². The van der Waals surface area contributed by atoms with Crippen molar-refractivity contribution >= 4 is 21.6 Å². The Bertz CT molecular complexity index is 1020. The van der Waals surface area contributed by atoms with Gasteiger partial charge in [-0.2, -0.15) is 0 Å². The normalized spacial score (nSPS) is 17.5. The minimum absolute atomic E-state index is 0.235. The number of sulfonamides is 1. The SMILES string of the molecule is CCC1(CC)C[C@@H](NC(=O)CN(c2cccc(C)c2)S(C)(=O)=O)c2ccccc2O1. The molecule has 1 aliphatic rings. The molecule has 0 saturated carbocycles. The fourth-order valence-electron chi connectivity index (χ4n) is 3.98. The second-order valence-corrected chi connectivity index (χ2v) is 9.87. The Morgan fingerprint density at radius 3 is 2.50 bits per heavy atom. The number of ether oxygens (including phenoxy) is 1. The summed E-state index contributed by atoms with van der Waals surface area (Å²) in [6.45, 7) is 5.78. The zero-order chi connectivity index (χ0) is 21.9. The zero-order valence-corrected chi connectivity index (χ0v) is 18.8. The lowest BCUT2D eigenvalue weighted by atomic mass is 9.83. The van der Waals surface area contributed by atoms with Gasteiger partial charge < -0.3 is 10.1 Å². The van der Waals surface area contributed by atoms with Gasteiger partial charge in [-0.1, -0.05) is 44.2 Å². The molecule has 7 heteroatoms. The predicted molar refractivity (Wildman–Crippen MR) is 119 cm³/mol. The summed E-state index contributed by atoms with van der Waals surface area (Å²) in [5.74, 6) is 0.432. The maximum absolute atomic E-state index is 13.0. The number of carbonyl (C=O) groups excluding carboxylic acids is 1. The molecule has 1 amide bonds. The Hall–Kier alpha value is -2.54. The average Bonchev–Trinajstić information content (AvgIpc) is 2.71. The molecule has 1 aliphatic heterocycles. The molecule has 6 nitrogen and oxygen atoms in total. The smallest absolute Gasteiger partial charge is 0.241 e. The number of benzene rings is 2. The highest BCUT2D eigenvalue weighted by Gasteiger charge is 2.39. The summed E-state index contributed by atoms with van der Waals surface area (Å²) in [5, 5.41) is 3.06. The van der Waals surface area contributed by atoms with Gasteiger partial charge >= 0.3 is 0 Å². The Morgan fingerprint density at radius 1 is 1.17 bits per heavy atom. The molecule has 1 heterocycles. The molecule has 0 fully saturated rings. The second-order valence-electron chi connectivity index (χ2n) is 7.96. The third-order valence-electron chi connectivity index (χ3n) is 5.80. The first-order chi connectivity index (χ1) is 14.2. The molecule has 0 aromatic heterocycles. The van der Waals surface area contributed by atoms with Crippen molar-refractivity contribution in [3.63, 3.8) is 0 Å². The lowest BCUT2D eigenvalue weighted by Crippen LogP contribution is -2.47. The average molecular weight is 431 g/mol. The highest BCUT2D eigenvalue weighted by Crippen LogP contribution is 2.42. The molecule has 3 rings (SSSR count). The molecule has 0 aliphatic carbocycles. The van der Waals surface area contributed by atoms with E-state index in [1.165, 1.54) is 0 Å². The summed E-state index contributed by atoms with van der Waals surface area (Å²) in [6, 6.07) is 14.6. The van der Waals surface area contributed by atoms with Crippen molar-refractivity contribution < 1.29 is 17.9 Å². The van der Waals surface area contributed by atoms with Gasteiger partial charge in [0, 0.05) is 12.0 Å². The van der Waals surface area contributed by atoms with Crippen molar-refractivity contribution in [3.8, 4) is 5.75 Å². The molecule has 162 valence electrons. The largest absolute Gasteiger partial charge is 0.487 e. The van der Waals surface area contributed by atoms with Crippen LogP contribution in [0.1, 0.15) is 50.3 Å². The van der Waals surface area contributed by atoms with Crippen LogP contribution in [0.4, 0.5) is 5.69 Å². The minimum Gasteiger partial charge on any atom is -0.487 e. The number of aryl methyl sites for hydroxylation is 1. The summed E-state index contributed by atoms with van der Waals surface area (Å²) in [6.07, 6.45) is 3.41. The molecule has 0 radical (unpaired) electrons. The zero-order valence-electron chi connectivity index (χ0n) is 18.0. The minimum atomic E-state index is -3.62. The fourth-order valence-corrected chi connectivity index (χ4v) is 4.83. The second kappa shape index (κ2) is 8.68. The Kier molecular flexibility index (Phi) is 6.41. The number of para-hydroxylation sites is 1. The van der Waals surface area contributed by atoms with Crippen LogP contribution in [0, 0.1) is 6.92 Å². The Labute approximate surface area is 179 Å². The first kappa shape index (κ1) is 22.2. The summed E-state index contributed by atoms with van der Waals surface area (Å²) < 4.78 is 32.2. The quantitative estimate of drug-likeness (QED) is 0.721. The molecule has 2 aromatic carbocycles. The standard InChI is InChI=1S/C23H30N2O4S/c1-5-23(6-2)15-20(19-12-7-8-13-21(19)29-23)24-22(26)16-25(30(4,27)28)18-11-9-10-17(3)14-18/h7-14,20H,5-6,15-16H2,1-4H3,(H,24,26)/t20-/m1/s1. The van der Waals surface area contributed by atoms with Crippen LogP contribution >= 0.6 is 0 Å². The van der Waals surface area contributed by atoms with Crippen molar-refractivity contribution in [3.05, 3.63) is 59.7 Å². The van der Waals surface area contributed by atoms with Crippen LogP contribution in [0.25, 0.3) is 0 Å². The molecular weight excluding hydrogens is 400 g/mol. The lowest BCUT2D eigenvalue weighted by Gasteiger charge is -2.41. The van der Waals surface area contributed by atoms with E-state index in [1.807, 2.05) is 37.3 Å². The van der Waals surface area contributed by atoms with E-state index in [9.17, 15) is 13.2 Å². The number of fused-ring (bicyclic) bond motifs is 1. The monoisotopic (exact) mass is 430 g/mol.